The molecule has 0 atom stereocenters. The third-order valence-corrected chi connectivity index (χ3v) is 8.29. The van der Waals surface area contributed by atoms with E-state index in [1.807, 2.05) is 36.6 Å². The number of benzene rings is 2. The largest absolute Gasteiger partial charge is 0.352 e. The molecule has 0 radical (unpaired) electrons. The van der Waals surface area contributed by atoms with Crippen molar-refractivity contribution in [1.82, 2.24) is 14.6 Å². The van der Waals surface area contributed by atoms with Gasteiger partial charge in [0.25, 0.3) is 0 Å². The van der Waals surface area contributed by atoms with Crippen LogP contribution in [0.2, 0.25) is 0 Å². The summed E-state index contributed by atoms with van der Waals surface area (Å²) in [7, 11) is -3.43. The molecule has 6 nitrogen and oxygen atoms in total. The molecular formula is C24H27N3O3S2. The molecule has 0 saturated carbocycles. The number of piperidine rings is 1. The van der Waals surface area contributed by atoms with E-state index in [0.29, 0.717) is 24.5 Å². The van der Waals surface area contributed by atoms with Crippen molar-refractivity contribution in [3.63, 3.8) is 0 Å². The maximum Gasteiger partial charge on any atom is 0.243 e. The lowest BCUT2D eigenvalue weighted by atomic mass is 10.1. The molecule has 3 aromatic rings. The maximum absolute atomic E-state index is 12.7. The first kappa shape index (κ1) is 22.6. The van der Waals surface area contributed by atoms with E-state index in [1.54, 1.807) is 39.9 Å². The Morgan fingerprint density at radius 2 is 1.66 bits per heavy atom. The van der Waals surface area contributed by atoms with Crippen LogP contribution in [0.4, 0.5) is 0 Å². The number of carbonyl (C=O) groups is 1. The Balaban J connectivity index is 1.30. The van der Waals surface area contributed by atoms with Crippen LogP contribution in [0, 0.1) is 6.92 Å². The first-order chi connectivity index (χ1) is 15.4. The highest BCUT2D eigenvalue weighted by molar-refractivity contribution is 7.89. The first-order valence-electron chi connectivity index (χ1n) is 10.8. The zero-order valence-electron chi connectivity index (χ0n) is 18.1. The van der Waals surface area contributed by atoms with Gasteiger partial charge in [0.1, 0.15) is 0 Å². The van der Waals surface area contributed by atoms with Gasteiger partial charge < -0.3 is 5.32 Å². The zero-order valence-corrected chi connectivity index (χ0v) is 19.7. The van der Waals surface area contributed by atoms with Crippen molar-refractivity contribution in [2.24, 2.45) is 0 Å². The van der Waals surface area contributed by atoms with Gasteiger partial charge in [0, 0.05) is 30.6 Å². The Labute approximate surface area is 193 Å². The molecule has 1 saturated heterocycles. The zero-order chi connectivity index (χ0) is 22.6. The molecule has 1 amide bonds. The molecule has 0 bridgehead atoms. The van der Waals surface area contributed by atoms with Crippen LogP contribution >= 0.6 is 11.3 Å². The predicted molar refractivity (Wildman–Crippen MR) is 127 cm³/mol. The Morgan fingerprint density at radius 1 is 1.00 bits per heavy atom. The topological polar surface area (TPSA) is 79.4 Å². The van der Waals surface area contributed by atoms with Crippen molar-refractivity contribution in [2.75, 3.05) is 13.1 Å². The lowest BCUT2D eigenvalue weighted by molar-refractivity contribution is -0.120. The highest BCUT2D eigenvalue weighted by Crippen LogP contribution is 2.22. The summed E-state index contributed by atoms with van der Waals surface area (Å²) in [6.07, 6.45) is 3.20. The van der Waals surface area contributed by atoms with Crippen molar-refractivity contribution in [3.8, 4) is 11.3 Å². The Hall–Kier alpha value is -2.55. The van der Waals surface area contributed by atoms with Gasteiger partial charge in [-0.15, -0.1) is 11.3 Å². The molecule has 168 valence electrons. The summed E-state index contributed by atoms with van der Waals surface area (Å²) >= 11 is 1.62. The number of aromatic nitrogens is 1. The summed E-state index contributed by atoms with van der Waals surface area (Å²) in [5.74, 6) is -0.0766. The Bertz CT molecular complexity index is 1160. The number of carbonyl (C=O) groups excluding carboxylic acids is 1. The maximum atomic E-state index is 12.7. The molecule has 1 fully saturated rings. The number of amides is 1. The van der Waals surface area contributed by atoms with E-state index < -0.39 is 10.0 Å². The number of nitrogens with zero attached hydrogens (tertiary/aromatic N) is 2. The lowest BCUT2D eigenvalue weighted by Gasteiger charge is -2.25. The molecule has 8 heteroatoms. The van der Waals surface area contributed by atoms with Crippen LogP contribution in [-0.2, 0) is 27.8 Å². The van der Waals surface area contributed by atoms with Gasteiger partial charge in [-0.2, -0.15) is 4.31 Å². The molecule has 1 aliphatic rings. The normalized spacial score (nSPS) is 14.9. The van der Waals surface area contributed by atoms with Crippen LogP contribution in [0.3, 0.4) is 0 Å². The van der Waals surface area contributed by atoms with Crippen LogP contribution in [0.1, 0.15) is 35.4 Å². The molecule has 1 aliphatic heterocycles. The van der Waals surface area contributed by atoms with Gasteiger partial charge in [-0.05, 0) is 43.0 Å². The average Bonchev–Trinajstić information content (AvgIpc) is 3.25. The van der Waals surface area contributed by atoms with Crippen LogP contribution in [-0.4, -0.2) is 36.7 Å². The fraction of sp³-hybridized carbons (Fsp3) is 0.333. The summed E-state index contributed by atoms with van der Waals surface area (Å²) in [5, 5.41) is 5.97. The second-order valence-corrected chi connectivity index (χ2v) is 11.0. The lowest BCUT2D eigenvalue weighted by Crippen LogP contribution is -2.35. The second kappa shape index (κ2) is 9.94. The van der Waals surface area contributed by atoms with Crippen LogP contribution < -0.4 is 5.32 Å². The van der Waals surface area contributed by atoms with E-state index in [9.17, 15) is 13.2 Å². The molecule has 1 N–H and O–H groups in total. The third-order valence-electron chi connectivity index (χ3n) is 5.60. The summed E-state index contributed by atoms with van der Waals surface area (Å²) < 4.78 is 27.0. The minimum absolute atomic E-state index is 0.0766. The monoisotopic (exact) mass is 469 g/mol. The molecule has 0 spiro atoms. The summed E-state index contributed by atoms with van der Waals surface area (Å²) in [5.41, 5.74) is 3.79. The van der Waals surface area contributed by atoms with Gasteiger partial charge in [0.2, 0.25) is 15.9 Å². The quantitative estimate of drug-likeness (QED) is 0.564. The van der Waals surface area contributed by atoms with E-state index in [-0.39, 0.29) is 12.3 Å². The smallest absolute Gasteiger partial charge is 0.243 e. The highest BCUT2D eigenvalue weighted by Gasteiger charge is 2.25. The second-order valence-electron chi connectivity index (χ2n) is 8.01. The molecule has 2 aromatic carbocycles. The Morgan fingerprint density at radius 3 is 2.28 bits per heavy atom. The van der Waals surface area contributed by atoms with E-state index in [4.69, 9.17) is 0 Å². The van der Waals surface area contributed by atoms with E-state index in [2.05, 4.69) is 10.3 Å². The van der Waals surface area contributed by atoms with Gasteiger partial charge in [-0.25, -0.2) is 13.4 Å². The minimum Gasteiger partial charge on any atom is -0.352 e. The van der Waals surface area contributed by atoms with Crippen LogP contribution in [0.5, 0.6) is 0 Å². The number of thiazole rings is 1. The molecular weight excluding hydrogens is 442 g/mol. The highest BCUT2D eigenvalue weighted by atomic mass is 32.2. The Kier molecular flexibility index (Phi) is 7.03. The number of rotatable bonds is 7. The standard InChI is InChI=1S/C24H27N3O3S2/c1-18-26-23(17-31-18)21-9-5-19(6-10-21)15-24(28)25-16-20-7-11-22(12-8-20)32(29,30)27-13-3-2-4-14-27/h5-12,17H,2-4,13-16H2,1H3,(H,25,28). The van der Waals surface area contributed by atoms with E-state index in [0.717, 1.165) is 46.7 Å². The average molecular weight is 470 g/mol. The molecule has 2 heterocycles. The molecule has 0 unspecified atom stereocenters. The van der Waals surface area contributed by atoms with Gasteiger partial charge in [0.05, 0.1) is 22.0 Å². The summed E-state index contributed by atoms with van der Waals surface area (Å²) in [6, 6.07) is 14.7. The molecule has 32 heavy (non-hydrogen) atoms. The van der Waals surface area contributed by atoms with E-state index >= 15 is 0 Å². The minimum atomic E-state index is -3.43. The third kappa shape index (κ3) is 5.43. The van der Waals surface area contributed by atoms with Gasteiger partial charge in [-0.3, -0.25) is 4.79 Å². The van der Waals surface area contributed by atoms with Crippen molar-refractivity contribution in [2.45, 2.75) is 44.0 Å². The van der Waals surface area contributed by atoms with Gasteiger partial charge in [0.15, 0.2) is 0 Å². The van der Waals surface area contributed by atoms with Crippen molar-refractivity contribution in [3.05, 3.63) is 70.0 Å². The fourth-order valence-corrected chi connectivity index (χ4v) is 5.91. The van der Waals surface area contributed by atoms with Crippen molar-refractivity contribution >= 4 is 27.3 Å². The number of hydrogen-bond acceptors (Lipinski definition) is 5. The van der Waals surface area contributed by atoms with Crippen LogP contribution in [0.25, 0.3) is 11.3 Å². The number of sulfonamides is 1. The van der Waals surface area contributed by atoms with Gasteiger partial charge >= 0.3 is 0 Å². The van der Waals surface area contributed by atoms with Gasteiger partial charge in [-0.1, -0.05) is 42.8 Å². The fourth-order valence-electron chi connectivity index (χ4n) is 3.77. The summed E-state index contributed by atoms with van der Waals surface area (Å²) in [4.78, 5) is 17.1. The first-order valence-corrected chi connectivity index (χ1v) is 13.1. The predicted octanol–water partition coefficient (Wildman–Crippen LogP) is 4.15. The van der Waals surface area contributed by atoms with E-state index in [1.165, 1.54) is 0 Å². The number of aryl methyl sites for hydroxylation is 1. The summed E-state index contributed by atoms with van der Waals surface area (Å²) in [6.45, 7) is 3.52. The SMILES string of the molecule is Cc1nc(-c2ccc(CC(=O)NCc3ccc(S(=O)(=O)N4CCCCC4)cc3)cc2)cs1. The van der Waals surface area contributed by atoms with Crippen LogP contribution in [0.15, 0.2) is 58.8 Å². The number of hydrogen-bond donors (Lipinski definition) is 1. The molecule has 1 aromatic heterocycles. The van der Waals surface area contributed by atoms with Crippen molar-refractivity contribution in [1.29, 1.82) is 0 Å². The molecule has 0 aliphatic carbocycles. The number of nitrogens with one attached hydrogen (secondary N) is 1. The molecule has 4 rings (SSSR count). The van der Waals surface area contributed by atoms with Crippen molar-refractivity contribution < 1.29 is 13.2 Å².